The first-order valence-electron chi connectivity index (χ1n) is 4.51. The molecule has 0 spiro atoms. The molecular weight excluding hydrogens is 212 g/mol. The molecule has 0 bridgehead atoms. The number of rotatable bonds is 2. The van der Waals surface area contributed by atoms with Crippen LogP contribution in [0.4, 0.5) is 0 Å². The molecule has 0 heterocycles. The fourth-order valence-electron chi connectivity index (χ4n) is 1.26. The van der Waals surface area contributed by atoms with Crippen molar-refractivity contribution in [2.24, 2.45) is 0 Å². The maximum absolute atomic E-state index is 11.5. The van der Waals surface area contributed by atoms with Crippen molar-refractivity contribution < 1.29 is 19.4 Å². The predicted molar refractivity (Wildman–Crippen MR) is 57.0 cm³/mol. The fraction of sp³-hybridized carbons (Fsp3) is 0.273. The highest BCUT2D eigenvalue weighted by Crippen LogP contribution is 2.22. The Labute approximate surface area is 92.2 Å². The number of ether oxygens (including phenoxy) is 2. The Bertz CT molecular complexity index is 479. The topological polar surface area (TPSA) is 72.8 Å². The molecule has 0 atom stereocenters. The van der Waals surface area contributed by atoms with Crippen molar-refractivity contribution in [3.63, 3.8) is 0 Å². The third kappa shape index (κ3) is 2.13. The van der Waals surface area contributed by atoms with E-state index in [-0.39, 0.29) is 11.3 Å². The Morgan fingerprint density at radius 2 is 1.94 bits per heavy atom. The van der Waals surface area contributed by atoms with Gasteiger partial charge in [0.05, 0.1) is 19.8 Å². The van der Waals surface area contributed by atoms with Gasteiger partial charge in [0, 0.05) is 6.07 Å². The van der Waals surface area contributed by atoms with E-state index in [1.165, 1.54) is 20.3 Å². The molecule has 5 nitrogen and oxygen atoms in total. The van der Waals surface area contributed by atoms with Crippen molar-refractivity contribution in [2.75, 3.05) is 14.2 Å². The first-order chi connectivity index (χ1) is 7.51. The van der Waals surface area contributed by atoms with Crippen molar-refractivity contribution in [1.29, 1.82) is 0 Å². The van der Waals surface area contributed by atoms with E-state index < -0.39 is 17.1 Å². The average Bonchev–Trinajstić information content (AvgIpc) is 2.39. The van der Waals surface area contributed by atoms with E-state index in [1.54, 1.807) is 6.92 Å². The molecule has 1 aromatic rings. The van der Waals surface area contributed by atoms with Crippen molar-refractivity contribution in [3.05, 3.63) is 33.5 Å². The lowest BCUT2D eigenvalue weighted by atomic mass is 10.2. The van der Waals surface area contributed by atoms with Gasteiger partial charge in [0.1, 0.15) is 0 Å². The van der Waals surface area contributed by atoms with Gasteiger partial charge in [-0.1, -0.05) is 0 Å². The smallest absolute Gasteiger partial charge is 0.338 e. The summed E-state index contributed by atoms with van der Waals surface area (Å²) in [4.78, 5) is 22.8. The van der Waals surface area contributed by atoms with E-state index in [4.69, 9.17) is 4.74 Å². The lowest BCUT2D eigenvalue weighted by molar-refractivity contribution is 0.0600. The van der Waals surface area contributed by atoms with Gasteiger partial charge in [-0.15, -0.1) is 0 Å². The number of methoxy groups -OCH3 is 2. The molecule has 0 aliphatic heterocycles. The second-order valence-corrected chi connectivity index (χ2v) is 3.16. The summed E-state index contributed by atoms with van der Waals surface area (Å²) < 4.78 is 9.36. The second-order valence-electron chi connectivity index (χ2n) is 3.16. The van der Waals surface area contributed by atoms with Gasteiger partial charge >= 0.3 is 5.97 Å². The second kappa shape index (κ2) is 4.65. The molecule has 0 saturated heterocycles. The maximum Gasteiger partial charge on any atom is 0.338 e. The highest BCUT2D eigenvalue weighted by Gasteiger charge is 2.13. The summed E-state index contributed by atoms with van der Waals surface area (Å²) in [5, 5.41) is 9.47. The van der Waals surface area contributed by atoms with Crippen LogP contribution >= 0.6 is 0 Å². The van der Waals surface area contributed by atoms with Gasteiger partial charge < -0.3 is 14.6 Å². The zero-order valence-corrected chi connectivity index (χ0v) is 9.23. The highest BCUT2D eigenvalue weighted by molar-refractivity contribution is 5.91. The average molecular weight is 224 g/mol. The van der Waals surface area contributed by atoms with E-state index in [2.05, 4.69) is 4.74 Å². The Hall–Kier alpha value is -2.04. The number of carbonyl (C=O) groups excluding carboxylic acids is 1. The Morgan fingerprint density at radius 3 is 2.44 bits per heavy atom. The number of esters is 1. The molecule has 5 heteroatoms. The largest absolute Gasteiger partial charge is 0.502 e. The molecule has 1 rings (SSSR count). The van der Waals surface area contributed by atoms with Crippen LogP contribution in [0.1, 0.15) is 15.9 Å². The molecule has 0 aliphatic carbocycles. The highest BCUT2D eigenvalue weighted by atomic mass is 16.5. The molecule has 1 aromatic carbocycles. The molecule has 0 aliphatic rings. The number of hydrogen-bond donors (Lipinski definition) is 1. The molecule has 16 heavy (non-hydrogen) atoms. The van der Waals surface area contributed by atoms with Crippen LogP contribution in [0.3, 0.4) is 0 Å². The van der Waals surface area contributed by atoms with Gasteiger partial charge in [0.15, 0.2) is 5.75 Å². The molecular formula is C11H12O5. The molecule has 0 unspecified atom stereocenters. The number of aryl methyl sites for hydroxylation is 1. The minimum absolute atomic E-state index is 0.0256. The summed E-state index contributed by atoms with van der Waals surface area (Å²) >= 11 is 0. The van der Waals surface area contributed by atoms with Crippen molar-refractivity contribution in [2.45, 2.75) is 6.92 Å². The monoisotopic (exact) mass is 224 g/mol. The maximum atomic E-state index is 11.5. The number of hydrogen-bond acceptors (Lipinski definition) is 5. The lowest BCUT2D eigenvalue weighted by Gasteiger charge is -1.99. The van der Waals surface area contributed by atoms with Gasteiger partial charge in [0.25, 0.3) is 0 Å². The molecule has 0 fully saturated rings. The van der Waals surface area contributed by atoms with E-state index >= 15 is 0 Å². The quantitative estimate of drug-likeness (QED) is 0.754. The standard InChI is InChI=1S/C11H12O5/c1-6-4-9(15-2)10(13)8(12)5-7(6)11(14)16-3/h4-5H,1-3H3,(H,12,13). The molecule has 0 aromatic heterocycles. The summed E-state index contributed by atoms with van der Waals surface area (Å²) in [5.74, 6) is -1.13. The van der Waals surface area contributed by atoms with E-state index in [0.717, 1.165) is 6.07 Å². The van der Waals surface area contributed by atoms with Crippen LogP contribution in [0.15, 0.2) is 16.9 Å². The lowest BCUT2D eigenvalue weighted by Crippen LogP contribution is -2.05. The van der Waals surface area contributed by atoms with Crippen LogP contribution in [0.5, 0.6) is 11.5 Å². The molecule has 0 radical (unpaired) electrons. The van der Waals surface area contributed by atoms with E-state index in [1.807, 2.05) is 0 Å². The fourth-order valence-corrected chi connectivity index (χ4v) is 1.26. The van der Waals surface area contributed by atoms with Gasteiger partial charge in [-0.25, -0.2) is 4.79 Å². The summed E-state index contributed by atoms with van der Waals surface area (Å²) in [6.45, 7) is 1.62. The number of aromatic hydroxyl groups is 1. The van der Waals surface area contributed by atoms with Gasteiger partial charge in [-0.3, -0.25) is 4.79 Å². The Morgan fingerprint density at radius 1 is 1.31 bits per heavy atom. The van der Waals surface area contributed by atoms with E-state index in [9.17, 15) is 14.7 Å². The summed E-state index contributed by atoms with van der Waals surface area (Å²) in [5.41, 5.74) is -0.0995. The summed E-state index contributed by atoms with van der Waals surface area (Å²) in [6.07, 6.45) is 0. The SMILES string of the molecule is COC(=O)c1cc(=O)c(O)c(OC)cc1C. The summed E-state index contributed by atoms with van der Waals surface area (Å²) in [6, 6.07) is 2.43. The predicted octanol–water partition coefficient (Wildman–Crippen LogP) is 0.856. The van der Waals surface area contributed by atoms with Crippen LogP contribution in [0, 0.1) is 6.92 Å². The normalized spacial score (nSPS) is 9.69. The van der Waals surface area contributed by atoms with Gasteiger partial charge in [0.2, 0.25) is 11.2 Å². The van der Waals surface area contributed by atoms with Crippen molar-refractivity contribution in [3.8, 4) is 11.5 Å². The van der Waals surface area contributed by atoms with Crippen LogP contribution < -0.4 is 10.2 Å². The third-order valence-corrected chi connectivity index (χ3v) is 2.14. The Kier molecular flexibility index (Phi) is 3.50. The van der Waals surface area contributed by atoms with Crippen LogP contribution in [0.2, 0.25) is 0 Å². The van der Waals surface area contributed by atoms with Gasteiger partial charge in [-0.05, 0) is 18.6 Å². The van der Waals surface area contributed by atoms with E-state index in [0.29, 0.717) is 5.56 Å². The molecule has 0 saturated carbocycles. The van der Waals surface area contributed by atoms with Crippen molar-refractivity contribution in [1.82, 2.24) is 0 Å². The van der Waals surface area contributed by atoms with Crippen molar-refractivity contribution >= 4 is 5.97 Å². The molecule has 86 valence electrons. The third-order valence-electron chi connectivity index (χ3n) is 2.14. The minimum Gasteiger partial charge on any atom is -0.502 e. The number of carbonyl (C=O) groups is 1. The van der Waals surface area contributed by atoms with Crippen LogP contribution in [-0.4, -0.2) is 25.3 Å². The van der Waals surface area contributed by atoms with Crippen LogP contribution in [0.25, 0.3) is 0 Å². The first kappa shape index (κ1) is 12.0. The van der Waals surface area contributed by atoms with Crippen LogP contribution in [-0.2, 0) is 4.74 Å². The first-order valence-corrected chi connectivity index (χ1v) is 4.51. The molecule has 0 amide bonds. The Balaban J connectivity index is 3.59. The minimum atomic E-state index is -0.689. The molecule has 1 N–H and O–H groups in total. The van der Waals surface area contributed by atoms with Gasteiger partial charge in [-0.2, -0.15) is 0 Å². The zero-order valence-electron chi connectivity index (χ0n) is 9.23. The zero-order chi connectivity index (χ0) is 12.3. The summed E-state index contributed by atoms with van der Waals surface area (Å²) in [7, 11) is 2.54.